The minimum Gasteiger partial charge on any atom is -0.392 e. The number of likely N-dealkylation sites (tertiary alicyclic amines) is 1. The van der Waals surface area contributed by atoms with E-state index in [1.54, 1.807) is 0 Å². The maximum absolute atomic E-state index is 9.37. The fourth-order valence-electron chi connectivity index (χ4n) is 2.24. The molecule has 2 atom stereocenters. The number of rotatable bonds is 1. The van der Waals surface area contributed by atoms with Gasteiger partial charge < -0.3 is 10.4 Å². The van der Waals surface area contributed by atoms with Crippen molar-refractivity contribution in [2.24, 2.45) is 0 Å². The first-order valence-corrected chi connectivity index (χ1v) is 4.99. The Morgan fingerprint density at radius 2 is 2.25 bits per heavy atom. The summed E-state index contributed by atoms with van der Waals surface area (Å²) in [6.45, 7) is 4.28. The molecule has 0 saturated carbocycles. The van der Waals surface area contributed by atoms with Gasteiger partial charge in [0.05, 0.1) is 6.10 Å². The summed E-state index contributed by atoms with van der Waals surface area (Å²) in [7, 11) is 0. The number of aliphatic hydroxyl groups excluding tert-OH is 1. The molecule has 0 radical (unpaired) electrons. The highest BCUT2D eigenvalue weighted by molar-refractivity contribution is 4.84. The molecule has 0 spiro atoms. The normalized spacial score (nSPS) is 38.8. The van der Waals surface area contributed by atoms with Crippen molar-refractivity contribution in [3.05, 3.63) is 0 Å². The first-order valence-electron chi connectivity index (χ1n) is 4.99. The van der Waals surface area contributed by atoms with Crippen molar-refractivity contribution in [3.8, 4) is 0 Å². The smallest absolute Gasteiger partial charge is 0.0679 e. The Balaban J connectivity index is 1.83. The summed E-state index contributed by atoms with van der Waals surface area (Å²) in [6.07, 6.45) is 3.50. The highest BCUT2D eigenvalue weighted by Crippen LogP contribution is 2.16. The van der Waals surface area contributed by atoms with Crippen LogP contribution in [0.4, 0.5) is 0 Å². The van der Waals surface area contributed by atoms with Crippen molar-refractivity contribution < 1.29 is 5.11 Å². The fraction of sp³-hybridized carbons (Fsp3) is 1.00. The van der Waals surface area contributed by atoms with E-state index in [0.717, 1.165) is 26.1 Å². The van der Waals surface area contributed by atoms with Gasteiger partial charge in [0.1, 0.15) is 0 Å². The number of hydrogen-bond acceptors (Lipinski definition) is 3. The summed E-state index contributed by atoms with van der Waals surface area (Å²) in [5.74, 6) is 0. The number of nitrogens with zero attached hydrogens (tertiary/aromatic N) is 1. The summed E-state index contributed by atoms with van der Waals surface area (Å²) in [6, 6.07) is 0.691. The third-order valence-corrected chi connectivity index (χ3v) is 2.98. The quantitative estimate of drug-likeness (QED) is 0.572. The van der Waals surface area contributed by atoms with E-state index in [1.807, 2.05) is 0 Å². The highest BCUT2D eigenvalue weighted by atomic mass is 16.3. The Bertz CT molecular complexity index is 143. The lowest BCUT2D eigenvalue weighted by molar-refractivity contribution is 0.147. The topological polar surface area (TPSA) is 35.5 Å². The van der Waals surface area contributed by atoms with Crippen molar-refractivity contribution in [1.29, 1.82) is 0 Å². The molecule has 3 nitrogen and oxygen atoms in total. The zero-order valence-electron chi connectivity index (χ0n) is 7.50. The zero-order chi connectivity index (χ0) is 8.39. The standard InChI is InChI=1S/C9H18N2O/c12-9-3-5-11(7-9)8-2-1-4-10-6-8/h8-10,12H,1-7H2/t8-,9+/m1/s1. The van der Waals surface area contributed by atoms with Crippen LogP contribution in [0.5, 0.6) is 0 Å². The molecule has 0 aromatic carbocycles. The molecule has 12 heavy (non-hydrogen) atoms. The van der Waals surface area contributed by atoms with Crippen molar-refractivity contribution in [2.75, 3.05) is 26.2 Å². The molecule has 0 aromatic heterocycles. The third kappa shape index (κ3) is 1.79. The van der Waals surface area contributed by atoms with Gasteiger partial charge in [-0.25, -0.2) is 0 Å². The van der Waals surface area contributed by atoms with Gasteiger partial charge in [0.15, 0.2) is 0 Å². The van der Waals surface area contributed by atoms with E-state index in [9.17, 15) is 5.11 Å². The molecule has 0 aliphatic carbocycles. The molecule has 2 fully saturated rings. The summed E-state index contributed by atoms with van der Waals surface area (Å²) in [5.41, 5.74) is 0. The first kappa shape index (κ1) is 8.48. The fourth-order valence-corrected chi connectivity index (χ4v) is 2.24. The number of piperidine rings is 1. The molecule has 2 heterocycles. The van der Waals surface area contributed by atoms with Gasteiger partial charge in [-0.05, 0) is 25.8 Å². The van der Waals surface area contributed by atoms with Crippen LogP contribution in [0.15, 0.2) is 0 Å². The maximum atomic E-state index is 9.37. The summed E-state index contributed by atoms with van der Waals surface area (Å²) in [4.78, 5) is 2.43. The molecule has 2 aliphatic rings. The van der Waals surface area contributed by atoms with Gasteiger partial charge in [0.2, 0.25) is 0 Å². The molecule has 0 aromatic rings. The first-order chi connectivity index (χ1) is 5.86. The second kappa shape index (κ2) is 3.73. The van der Waals surface area contributed by atoms with Crippen LogP contribution in [0.2, 0.25) is 0 Å². The molecule has 70 valence electrons. The van der Waals surface area contributed by atoms with E-state index in [0.29, 0.717) is 6.04 Å². The van der Waals surface area contributed by atoms with Crippen molar-refractivity contribution in [2.45, 2.75) is 31.4 Å². The van der Waals surface area contributed by atoms with Crippen LogP contribution in [0, 0.1) is 0 Å². The van der Waals surface area contributed by atoms with Crippen LogP contribution in [-0.2, 0) is 0 Å². The zero-order valence-corrected chi connectivity index (χ0v) is 7.50. The van der Waals surface area contributed by atoms with Gasteiger partial charge in [0.25, 0.3) is 0 Å². The van der Waals surface area contributed by atoms with E-state index in [-0.39, 0.29) is 6.10 Å². The Labute approximate surface area is 73.8 Å². The average molecular weight is 170 g/mol. The number of β-amino-alcohol motifs (C(OH)–C–C–N with tert-alkyl or cyclic N) is 1. The monoisotopic (exact) mass is 170 g/mol. The second-order valence-electron chi connectivity index (χ2n) is 3.94. The molecule has 2 rings (SSSR count). The maximum Gasteiger partial charge on any atom is 0.0679 e. The Morgan fingerprint density at radius 3 is 2.83 bits per heavy atom. The SMILES string of the molecule is O[C@H]1CCN([C@@H]2CCCNC2)C1. The molecule has 2 aliphatic heterocycles. The number of aliphatic hydroxyl groups is 1. The Kier molecular flexibility index (Phi) is 2.63. The summed E-state index contributed by atoms with van der Waals surface area (Å²) >= 11 is 0. The van der Waals surface area contributed by atoms with Gasteiger partial charge in [-0.1, -0.05) is 0 Å². The van der Waals surface area contributed by atoms with Gasteiger partial charge in [-0.3, -0.25) is 4.90 Å². The highest BCUT2D eigenvalue weighted by Gasteiger charge is 2.27. The minimum absolute atomic E-state index is 0.0630. The van der Waals surface area contributed by atoms with Crippen LogP contribution in [-0.4, -0.2) is 48.3 Å². The van der Waals surface area contributed by atoms with Crippen molar-refractivity contribution in [3.63, 3.8) is 0 Å². The van der Waals surface area contributed by atoms with Crippen LogP contribution in [0.3, 0.4) is 0 Å². The lowest BCUT2D eigenvalue weighted by Crippen LogP contribution is -2.45. The van der Waals surface area contributed by atoms with Crippen molar-refractivity contribution in [1.82, 2.24) is 10.2 Å². The van der Waals surface area contributed by atoms with Gasteiger partial charge in [0, 0.05) is 25.7 Å². The van der Waals surface area contributed by atoms with Gasteiger partial charge in [-0.15, -0.1) is 0 Å². The van der Waals surface area contributed by atoms with Gasteiger partial charge in [-0.2, -0.15) is 0 Å². The lowest BCUT2D eigenvalue weighted by atomic mass is 10.1. The number of nitrogens with one attached hydrogen (secondary N) is 1. The molecule has 0 bridgehead atoms. The van der Waals surface area contributed by atoms with E-state index < -0.39 is 0 Å². The molecule has 2 saturated heterocycles. The molecule has 0 amide bonds. The van der Waals surface area contributed by atoms with Crippen LogP contribution in [0.1, 0.15) is 19.3 Å². The second-order valence-corrected chi connectivity index (χ2v) is 3.94. The van der Waals surface area contributed by atoms with E-state index in [4.69, 9.17) is 0 Å². The van der Waals surface area contributed by atoms with Crippen molar-refractivity contribution >= 4 is 0 Å². The molecule has 0 unspecified atom stereocenters. The largest absolute Gasteiger partial charge is 0.392 e. The van der Waals surface area contributed by atoms with E-state index in [1.165, 1.54) is 19.4 Å². The molecule has 2 N–H and O–H groups in total. The van der Waals surface area contributed by atoms with Crippen LogP contribution >= 0.6 is 0 Å². The van der Waals surface area contributed by atoms with Crippen LogP contribution < -0.4 is 5.32 Å². The molecular weight excluding hydrogens is 152 g/mol. The predicted molar refractivity (Wildman–Crippen MR) is 48.1 cm³/mol. The number of hydrogen-bond donors (Lipinski definition) is 2. The Hall–Kier alpha value is -0.120. The average Bonchev–Trinajstić information content (AvgIpc) is 2.54. The molecular formula is C9H18N2O. The summed E-state index contributed by atoms with van der Waals surface area (Å²) in [5, 5.41) is 12.8. The predicted octanol–water partition coefficient (Wildman–Crippen LogP) is -0.195. The van der Waals surface area contributed by atoms with E-state index >= 15 is 0 Å². The molecule has 3 heteroatoms. The Morgan fingerprint density at radius 1 is 1.33 bits per heavy atom. The van der Waals surface area contributed by atoms with Gasteiger partial charge >= 0.3 is 0 Å². The third-order valence-electron chi connectivity index (χ3n) is 2.98. The van der Waals surface area contributed by atoms with Crippen LogP contribution in [0.25, 0.3) is 0 Å². The lowest BCUT2D eigenvalue weighted by Gasteiger charge is -2.31. The minimum atomic E-state index is -0.0630. The summed E-state index contributed by atoms with van der Waals surface area (Å²) < 4.78 is 0. The van der Waals surface area contributed by atoms with E-state index in [2.05, 4.69) is 10.2 Å².